The molecule has 0 saturated carbocycles. The Morgan fingerprint density at radius 1 is 1.07 bits per heavy atom. The minimum atomic E-state index is -0.550. The maximum atomic E-state index is 12.8. The van der Waals surface area contributed by atoms with Gasteiger partial charge in [0, 0.05) is 43.9 Å². The zero-order chi connectivity index (χ0) is 19.3. The van der Waals surface area contributed by atoms with Crippen LogP contribution in [-0.4, -0.2) is 54.8 Å². The van der Waals surface area contributed by atoms with Gasteiger partial charge in [0.25, 0.3) is 5.91 Å². The molecule has 1 aromatic carbocycles. The first kappa shape index (κ1) is 17.7. The monoisotopic (exact) mass is 382 g/mol. The number of hydrogen-bond acceptors (Lipinski definition) is 5. The van der Waals surface area contributed by atoms with Crippen molar-refractivity contribution < 1.29 is 14.4 Å². The van der Waals surface area contributed by atoms with E-state index in [-0.39, 0.29) is 24.1 Å². The molecule has 0 aliphatic carbocycles. The lowest BCUT2D eigenvalue weighted by Crippen LogP contribution is -2.52. The summed E-state index contributed by atoms with van der Waals surface area (Å²) in [6.07, 6.45) is 4.38. The number of carbonyl (C=O) groups is 3. The van der Waals surface area contributed by atoms with E-state index in [1.807, 2.05) is 12.1 Å². The van der Waals surface area contributed by atoms with Crippen LogP contribution in [0.4, 0.5) is 5.69 Å². The lowest BCUT2D eigenvalue weighted by Gasteiger charge is -2.40. The molecule has 3 fully saturated rings. The number of benzene rings is 1. The molecule has 4 aliphatic rings. The Kier molecular flexibility index (Phi) is 4.16. The third kappa shape index (κ3) is 2.89. The molecule has 2 N–H and O–H groups in total. The summed E-state index contributed by atoms with van der Waals surface area (Å²) in [5, 5.41) is 5.86. The van der Waals surface area contributed by atoms with Gasteiger partial charge in [0.15, 0.2) is 0 Å². The molecule has 1 unspecified atom stereocenters. The maximum Gasteiger partial charge on any atom is 0.255 e. The molecule has 7 nitrogen and oxygen atoms in total. The average Bonchev–Trinajstić information content (AvgIpc) is 3.27. The van der Waals surface area contributed by atoms with Gasteiger partial charge in [0.1, 0.15) is 6.04 Å². The van der Waals surface area contributed by atoms with Crippen molar-refractivity contribution in [3.63, 3.8) is 0 Å². The summed E-state index contributed by atoms with van der Waals surface area (Å²) in [5.41, 5.74) is 3.31. The highest BCUT2D eigenvalue weighted by Crippen LogP contribution is 2.39. The molecule has 3 amide bonds. The fourth-order valence-electron chi connectivity index (χ4n) is 5.22. The van der Waals surface area contributed by atoms with Crippen LogP contribution in [0.1, 0.15) is 48.0 Å². The van der Waals surface area contributed by atoms with Crippen molar-refractivity contribution in [2.45, 2.75) is 44.7 Å². The summed E-state index contributed by atoms with van der Waals surface area (Å²) in [6, 6.07) is 5.51. The molecule has 1 aromatic rings. The largest absolute Gasteiger partial charge is 0.371 e. The number of piperidine rings is 2. The van der Waals surface area contributed by atoms with Crippen molar-refractivity contribution in [2.24, 2.45) is 5.41 Å². The Morgan fingerprint density at radius 3 is 2.61 bits per heavy atom. The Bertz CT molecular complexity index is 836. The topological polar surface area (TPSA) is 81.8 Å². The molecule has 1 atom stereocenters. The Morgan fingerprint density at radius 2 is 1.89 bits per heavy atom. The molecular weight excluding hydrogens is 356 g/mol. The molecule has 4 heterocycles. The Hall–Kier alpha value is -2.41. The Labute approximate surface area is 164 Å². The van der Waals surface area contributed by atoms with Gasteiger partial charge in [-0.2, -0.15) is 0 Å². The number of hydrogen-bond donors (Lipinski definition) is 2. The van der Waals surface area contributed by atoms with E-state index in [2.05, 4.69) is 21.6 Å². The molecule has 28 heavy (non-hydrogen) atoms. The van der Waals surface area contributed by atoms with Gasteiger partial charge in [-0.05, 0) is 61.4 Å². The maximum absolute atomic E-state index is 12.8. The first-order chi connectivity index (χ1) is 13.5. The van der Waals surface area contributed by atoms with Crippen molar-refractivity contribution in [1.29, 1.82) is 0 Å². The van der Waals surface area contributed by atoms with Crippen molar-refractivity contribution in [2.75, 3.05) is 31.1 Å². The van der Waals surface area contributed by atoms with Crippen molar-refractivity contribution in [1.82, 2.24) is 15.5 Å². The van der Waals surface area contributed by atoms with E-state index >= 15 is 0 Å². The van der Waals surface area contributed by atoms with Crippen LogP contribution in [0.3, 0.4) is 0 Å². The second-order valence-electron chi connectivity index (χ2n) is 8.66. The minimum absolute atomic E-state index is 0.106. The highest BCUT2D eigenvalue weighted by atomic mass is 16.2. The van der Waals surface area contributed by atoms with Crippen LogP contribution in [-0.2, 0) is 16.1 Å². The highest BCUT2D eigenvalue weighted by Gasteiger charge is 2.40. The number of nitrogens with one attached hydrogen (secondary N) is 2. The van der Waals surface area contributed by atoms with Gasteiger partial charge in [-0.1, -0.05) is 0 Å². The third-order valence-electron chi connectivity index (χ3n) is 7.03. The highest BCUT2D eigenvalue weighted by molar-refractivity contribution is 6.05. The molecule has 0 bridgehead atoms. The van der Waals surface area contributed by atoms with E-state index in [4.69, 9.17) is 0 Å². The van der Waals surface area contributed by atoms with E-state index in [1.165, 1.54) is 19.3 Å². The first-order valence-electron chi connectivity index (χ1n) is 10.3. The van der Waals surface area contributed by atoms with Gasteiger partial charge >= 0.3 is 0 Å². The van der Waals surface area contributed by atoms with Crippen LogP contribution >= 0.6 is 0 Å². The van der Waals surface area contributed by atoms with Crippen LogP contribution in [0.25, 0.3) is 0 Å². The predicted octanol–water partition coefficient (Wildman–Crippen LogP) is 1.03. The van der Waals surface area contributed by atoms with Crippen molar-refractivity contribution in [3.05, 3.63) is 29.3 Å². The zero-order valence-corrected chi connectivity index (χ0v) is 16.0. The fraction of sp³-hybridized carbons (Fsp3) is 0.571. The SMILES string of the molecule is O=C1CCC(N2Cc3cc(N4CCC5(CCNC5)CC4)ccc3C2=O)C(=O)N1. The van der Waals surface area contributed by atoms with Crippen molar-refractivity contribution in [3.8, 4) is 0 Å². The summed E-state index contributed by atoms with van der Waals surface area (Å²) in [7, 11) is 0. The number of imide groups is 1. The molecule has 3 saturated heterocycles. The van der Waals surface area contributed by atoms with Gasteiger partial charge in [-0.25, -0.2) is 0 Å². The van der Waals surface area contributed by atoms with Gasteiger partial charge < -0.3 is 15.1 Å². The lowest BCUT2D eigenvalue weighted by atomic mass is 9.77. The summed E-state index contributed by atoms with van der Waals surface area (Å²) >= 11 is 0. The van der Waals surface area contributed by atoms with Crippen LogP contribution < -0.4 is 15.5 Å². The standard InChI is InChI=1S/C21H26N4O3/c26-18-4-3-17(19(27)23-18)25-12-14-11-15(1-2-16(14)20(25)28)24-9-6-21(7-10-24)5-8-22-13-21/h1-2,11,17,22H,3-10,12-13H2,(H,23,26,27). The number of anilines is 1. The van der Waals surface area contributed by atoms with Gasteiger partial charge in [-0.15, -0.1) is 0 Å². The van der Waals surface area contributed by atoms with Crippen LogP contribution in [0, 0.1) is 5.41 Å². The average molecular weight is 382 g/mol. The number of carbonyl (C=O) groups excluding carboxylic acids is 3. The minimum Gasteiger partial charge on any atom is -0.371 e. The summed E-state index contributed by atoms with van der Waals surface area (Å²) in [5.74, 6) is -0.720. The quantitative estimate of drug-likeness (QED) is 0.747. The normalized spacial score (nSPS) is 26.7. The molecule has 5 rings (SSSR count). The smallest absolute Gasteiger partial charge is 0.255 e. The number of nitrogens with zero attached hydrogens (tertiary/aromatic N) is 2. The van der Waals surface area contributed by atoms with Crippen molar-refractivity contribution >= 4 is 23.4 Å². The van der Waals surface area contributed by atoms with Crippen LogP contribution in [0.2, 0.25) is 0 Å². The number of rotatable bonds is 2. The van der Waals surface area contributed by atoms with E-state index in [9.17, 15) is 14.4 Å². The van der Waals surface area contributed by atoms with E-state index in [1.54, 1.807) is 4.90 Å². The molecule has 4 aliphatic heterocycles. The summed E-state index contributed by atoms with van der Waals surface area (Å²) in [6.45, 7) is 4.81. The molecule has 1 spiro atoms. The van der Waals surface area contributed by atoms with Gasteiger partial charge in [-0.3, -0.25) is 19.7 Å². The zero-order valence-electron chi connectivity index (χ0n) is 16.0. The molecular formula is C21H26N4O3. The van der Waals surface area contributed by atoms with E-state index in [0.29, 0.717) is 23.9 Å². The van der Waals surface area contributed by atoms with E-state index < -0.39 is 6.04 Å². The van der Waals surface area contributed by atoms with Crippen LogP contribution in [0.15, 0.2) is 18.2 Å². The number of fused-ring (bicyclic) bond motifs is 1. The molecule has 7 heteroatoms. The van der Waals surface area contributed by atoms with Gasteiger partial charge in [0.05, 0.1) is 0 Å². The molecule has 148 valence electrons. The molecule has 0 radical (unpaired) electrons. The van der Waals surface area contributed by atoms with Crippen LogP contribution in [0.5, 0.6) is 0 Å². The summed E-state index contributed by atoms with van der Waals surface area (Å²) in [4.78, 5) is 40.4. The second-order valence-corrected chi connectivity index (χ2v) is 8.66. The summed E-state index contributed by atoms with van der Waals surface area (Å²) < 4.78 is 0. The lowest BCUT2D eigenvalue weighted by molar-refractivity contribution is -0.136. The first-order valence-corrected chi connectivity index (χ1v) is 10.3. The van der Waals surface area contributed by atoms with E-state index in [0.717, 1.165) is 37.4 Å². The Balaban J connectivity index is 1.31. The third-order valence-corrected chi connectivity index (χ3v) is 7.03. The second kappa shape index (κ2) is 6.58. The fourth-order valence-corrected chi connectivity index (χ4v) is 5.22. The number of amides is 3. The van der Waals surface area contributed by atoms with Gasteiger partial charge in [0.2, 0.25) is 11.8 Å². The predicted molar refractivity (Wildman–Crippen MR) is 104 cm³/mol. The molecule has 0 aromatic heterocycles.